The molecule has 0 amide bonds. The Bertz CT molecular complexity index is 473. The maximum atomic E-state index is 11.2. The third-order valence-electron chi connectivity index (χ3n) is 2.22. The minimum absolute atomic E-state index is 0.108. The third kappa shape index (κ3) is 1.26. The summed E-state index contributed by atoms with van der Waals surface area (Å²) in [5, 5.41) is 1.02. The van der Waals surface area contributed by atoms with Crippen LogP contribution in [0.1, 0.15) is 17.3 Å². The minimum Gasteiger partial charge on any atom is -0.360 e. The molecule has 0 spiro atoms. The number of fused-ring (bicyclic) bond motifs is 1. The number of hydrogen-bond donors (Lipinski definition) is 1. The van der Waals surface area contributed by atoms with E-state index < -0.39 is 0 Å². The molecule has 0 bridgehead atoms. The fraction of sp³-hybridized carbons (Fsp3) is 0.100. The van der Waals surface area contributed by atoms with Crippen molar-refractivity contribution in [3.8, 4) is 0 Å². The zero-order valence-electron chi connectivity index (χ0n) is 7.72. The van der Waals surface area contributed by atoms with Crippen molar-refractivity contribution in [2.75, 3.05) is 0 Å². The molecule has 0 saturated carbocycles. The molecule has 64 valence electrons. The molecular formula is C10H10BNO. The summed E-state index contributed by atoms with van der Waals surface area (Å²) in [6, 6.07) is 6.06. The van der Waals surface area contributed by atoms with Gasteiger partial charge < -0.3 is 4.98 Å². The lowest BCUT2D eigenvalue weighted by molar-refractivity contribution is 0.101. The minimum atomic E-state index is 0.108. The lowest BCUT2D eigenvalue weighted by Crippen LogP contribution is -2.00. The average molecular weight is 171 g/mol. The molecule has 2 aromatic rings. The quantitative estimate of drug-likeness (QED) is 0.495. The second-order valence-electron chi connectivity index (χ2n) is 3.31. The fourth-order valence-electron chi connectivity index (χ4n) is 1.53. The monoisotopic (exact) mass is 171 g/mol. The average Bonchev–Trinajstić information content (AvgIpc) is 2.46. The molecule has 0 unspecified atom stereocenters. The number of aromatic amines is 1. The number of carbonyl (C=O) groups is 1. The normalized spacial score (nSPS) is 10.5. The summed E-state index contributed by atoms with van der Waals surface area (Å²) >= 11 is 0. The van der Waals surface area contributed by atoms with Gasteiger partial charge in [-0.25, -0.2) is 0 Å². The van der Waals surface area contributed by atoms with Crippen molar-refractivity contribution in [2.45, 2.75) is 6.92 Å². The van der Waals surface area contributed by atoms with Crippen LogP contribution in [0.25, 0.3) is 10.9 Å². The summed E-state index contributed by atoms with van der Waals surface area (Å²) in [4.78, 5) is 14.3. The molecule has 0 radical (unpaired) electrons. The Kier molecular flexibility index (Phi) is 1.73. The van der Waals surface area contributed by atoms with E-state index in [1.807, 2.05) is 26.0 Å². The number of hydrogen-bond acceptors (Lipinski definition) is 1. The van der Waals surface area contributed by atoms with E-state index in [0.717, 1.165) is 16.5 Å². The van der Waals surface area contributed by atoms with Gasteiger partial charge in [-0.15, -0.1) is 0 Å². The van der Waals surface area contributed by atoms with Gasteiger partial charge in [0, 0.05) is 22.7 Å². The molecule has 1 heterocycles. The molecular weight excluding hydrogens is 161 g/mol. The molecule has 0 aliphatic carbocycles. The molecule has 0 saturated heterocycles. The highest BCUT2D eigenvalue weighted by molar-refractivity contribution is 6.33. The lowest BCUT2D eigenvalue weighted by atomic mass is 9.94. The molecule has 0 atom stereocenters. The van der Waals surface area contributed by atoms with Crippen LogP contribution in [0.5, 0.6) is 0 Å². The zero-order valence-corrected chi connectivity index (χ0v) is 7.72. The zero-order chi connectivity index (χ0) is 9.42. The van der Waals surface area contributed by atoms with Crippen LogP contribution in [0.15, 0.2) is 24.4 Å². The number of ketones is 1. The Morgan fingerprint density at radius 2 is 2.23 bits per heavy atom. The van der Waals surface area contributed by atoms with Gasteiger partial charge in [0.1, 0.15) is 7.85 Å². The first-order valence-corrected chi connectivity index (χ1v) is 4.27. The molecule has 1 N–H and O–H groups in total. The van der Waals surface area contributed by atoms with E-state index in [0.29, 0.717) is 0 Å². The molecule has 1 aromatic heterocycles. The van der Waals surface area contributed by atoms with Gasteiger partial charge in [-0.1, -0.05) is 17.6 Å². The van der Waals surface area contributed by atoms with Crippen LogP contribution < -0.4 is 5.46 Å². The largest absolute Gasteiger partial charge is 0.360 e. The second-order valence-corrected chi connectivity index (χ2v) is 3.31. The summed E-state index contributed by atoms with van der Waals surface area (Å²) in [6.45, 7) is 1.59. The van der Waals surface area contributed by atoms with Gasteiger partial charge in [-0.3, -0.25) is 4.79 Å². The van der Waals surface area contributed by atoms with Crippen molar-refractivity contribution in [1.82, 2.24) is 4.98 Å². The standard InChI is InChI=1S/C10H10BNO/c1-6(13)9-5-12-10-3-2-7(11)4-8(9)10/h2-5,12H,11H2,1H3. The molecule has 0 aliphatic rings. The Balaban J connectivity index is 2.79. The number of nitrogens with one attached hydrogen (secondary N) is 1. The van der Waals surface area contributed by atoms with E-state index >= 15 is 0 Å². The smallest absolute Gasteiger partial charge is 0.161 e. The molecule has 0 fully saturated rings. The van der Waals surface area contributed by atoms with Crippen molar-refractivity contribution in [3.05, 3.63) is 30.0 Å². The number of aromatic nitrogens is 1. The molecule has 3 heteroatoms. The fourth-order valence-corrected chi connectivity index (χ4v) is 1.53. The summed E-state index contributed by atoms with van der Waals surface area (Å²) < 4.78 is 0. The van der Waals surface area contributed by atoms with Gasteiger partial charge in [-0.2, -0.15) is 0 Å². The summed E-state index contributed by atoms with van der Waals surface area (Å²) in [7, 11) is 2.02. The van der Waals surface area contributed by atoms with Gasteiger partial charge in [0.05, 0.1) is 0 Å². The van der Waals surface area contributed by atoms with Crippen LogP contribution in [0.4, 0.5) is 0 Å². The van der Waals surface area contributed by atoms with Crippen molar-refractivity contribution < 1.29 is 4.79 Å². The van der Waals surface area contributed by atoms with E-state index in [1.165, 1.54) is 5.46 Å². The summed E-state index contributed by atoms with van der Waals surface area (Å²) in [5.41, 5.74) is 2.98. The van der Waals surface area contributed by atoms with E-state index in [9.17, 15) is 4.79 Å². The van der Waals surface area contributed by atoms with Crippen LogP contribution >= 0.6 is 0 Å². The predicted molar refractivity (Wildman–Crippen MR) is 56.5 cm³/mol. The van der Waals surface area contributed by atoms with E-state index in [2.05, 4.69) is 4.98 Å². The second kappa shape index (κ2) is 2.77. The van der Waals surface area contributed by atoms with Gasteiger partial charge in [0.15, 0.2) is 5.78 Å². The third-order valence-corrected chi connectivity index (χ3v) is 2.22. The predicted octanol–water partition coefficient (Wildman–Crippen LogP) is 0.629. The lowest BCUT2D eigenvalue weighted by Gasteiger charge is -1.94. The summed E-state index contributed by atoms with van der Waals surface area (Å²) in [5.74, 6) is 0.108. The highest BCUT2D eigenvalue weighted by atomic mass is 16.1. The van der Waals surface area contributed by atoms with Crippen LogP contribution in [0.2, 0.25) is 0 Å². The molecule has 2 rings (SSSR count). The van der Waals surface area contributed by atoms with Crippen molar-refractivity contribution in [3.63, 3.8) is 0 Å². The van der Waals surface area contributed by atoms with E-state index in [4.69, 9.17) is 0 Å². The molecule has 2 nitrogen and oxygen atoms in total. The Morgan fingerprint density at radius 1 is 1.46 bits per heavy atom. The van der Waals surface area contributed by atoms with Crippen molar-refractivity contribution in [2.24, 2.45) is 0 Å². The van der Waals surface area contributed by atoms with Gasteiger partial charge >= 0.3 is 0 Å². The van der Waals surface area contributed by atoms with Crippen LogP contribution in [-0.2, 0) is 0 Å². The van der Waals surface area contributed by atoms with E-state index in [-0.39, 0.29) is 5.78 Å². The van der Waals surface area contributed by atoms with Gasteiger partial charge in [0.25, 0.3) is 0 Å². The SMILES string of the molecule is Bc1ccc2[nH]cc(C(C)=O)c2c1. The van der Waals surface area contributed by atoms with Crippen molar-refractivity contribution in [1.29, 1.82) is 0 Å². The van der Waals surface area contributed by atoms with Crippen LogP contribution in [-0.4, -0.2) is 18.6 Å². The topological polar surface area (TPSA) is 32.9 Å². The van der Waals surface area contributed by atoms with Crippen molar-refractivity contribution >= 4 is 30.0 Å². The summed E-state index contributed by atoms with van der Waals surface area (Å²) in [6.07, 6.45) is 1.77. The first-order chi connectivity index (χ1) is 6.18. The van der Waals surface area contributed by atoms with Gasteiger partial charge in [0.2, 0.25) is 0 Å². The van der Waals surface area contributed by atoms with E-state index in [1.54, 1.807) is 13.1 Å². The number of H-pyrrole nitrogens is 1. The Labute approximate surface area is 77.4 Å². The number of carbonyl (C=O) groups excluding carboxylic acids is 1. The molecule has 0 aliphatic heterocycles. The Morgan fingerprint density at radius 3 is 2.92 bits per heavy atom. The maximum Gasteiger partial charge on any atom is 0.161 e. The molecule has 13 heavy (non-hydrogen) atoms. The Hall–Kier alpha value is -1.51. The number of benzene rings is 1. The van der Waals surface area contributed by atoms with Gasteiger partial charge in [-0.05, 0) is 13.0 Å². The highest BCUT2D eigenvalue weighted by Crippen LogP contribution is 2.16. The first-order valence-electron chi connectivity index (χ1n) is 4.27. The highest BCUT2D eigenvalue weighted by Gasteiger charge is 2.06. The maximum absolute atomic E-state index is 11.2. The number of Topliss-reactive ketones (excluding diaryl/α,β-unsaturated/α-hetero) is 1. The molecule has 1 aromatic carbocycles. The number of rotatable bonds is 1. The first kappa shape index (κ1) is 8.11. The van der Waals surface area contributed by atoms with Crippen LogP contribution in [0, 0.1) is 0 Å². The van der Waals surface area contributed by atoms with Crippen LogP contribution in [0.3, 0.4) is 0 Å².